The van der Waals surface area contributed by atoms with Gasteiger partial charge in [-0.2, -0.15) is 5.26 Å². The Kier molecular flexibility index (Phi) is 8.10. The van der Waals surface area contributed by atoms with Crippen molar-refractivity contribution in [3.8, 4) is 23.3 Å². The number of likely N-dealkylation sites (N-methyl/N-ethyl adjacent to an activating group) is 1. The van der Waals surface area contributed by atoms with Gasteiger partial charge in [0.2, 0.25) is 0 Å². The van der Waals surface area contributed by atoms with Crippen LogP contribution in [0.2, 0.25) is 0 Å². The molecule has 8 nitrogen and oxygen atoms in total. The molecular weight excluding hydrogens is 388 g/mol. The van der Waals surface area contributed by atoms with Crippen molar-refractivity contribution in [1.82, 2.24) is 4.90 Å². The minimum absolute atomic E-state index is 0.399. The molecule has 0 radical (unpaired) electrons. The zero-order chi connectivity index (χ0) is 22.1. The fourth-order valence-corrected chi connectivity index (χ4v) is 3.52. The molecule has 2 rings (SSSR count). The van der Waals surface area contributed by atoms with E-state index in [4.69, 9.17) is 18.9 Å². The molecule has 1 fully saturated rings. The Hall–Kier alpha value is -3.21. The van der Waals surface area contributed by atoms with Crippen molar-refractivity contribution in [3.63, 3.8) is 0 Å². The van der Waals surface area contributed by atoms with Gasteiger partial charge >= 0.3 is 5.97 Å². The lowest BCUT2D eigenvalue weighted by Crippen LogP contribution is -2.51. The molecule has 0 heterocycles. The van der Waals surface area contributed by atoms with Crippen LogP contribution in [0.25, 0.3) is 6.08 Å². The fourth-order valence-electron chi connectivity index (χ4n) is 3.52. The molecule has 0 aliphatic heterocycles. The van der Waals surface area contributed by atoms with Gasteiger partial charge in [0, 0.05) is 24.8 Å². The second-order valence-corrected chi connectivity index (χ2v) is 7.05. The summed E-state index contributed by atoms with van der Waals surface area (Å²) in [6.45, 7) is -0.424. The third kappa shape index (κ3) is 5.23. The Bertz CT molecular complexity index is 837. The van der Waals surface area contributed by atoms with Crippen molar-refractivity contribution in [1.29, 1.82) is 5.26 Å². The Balaban J connectivity index is 2.01. The summed E-state index contributed by atoms with van der Waals surface area (Å²) in [4.78, 5) is 26.0. The molecule has 162 valence electrons. The van der Waals surface area contributed by atoms with Gasteiger partial charge in [-0.05, 0) is 25.0 Å². The third-order valence-electron chi connectivity index (χ3n) is 5.38. The summed E-state index contributed by atoms with van der Waals surface area (Å²) >= 11 is 0. The predicted molar refractivity (Wildman–Crippen MR) is 110 cm³/mol. The standard InChI is InChI=1S/C22H28N2O6/c1-24(22(15-23)10-6-5-7-11-22)20(25)14-30-21(26)9-8-16-12-18(28-3)19(29-4)13-17(16)27-2/h8-9,12-13H,5-7,10-11,14H2,1-4H3/b9-8+. The number of hydrogen-bond donors (Lipinski definition) is 0. The maximum Gasteiger partial charge on any atom is 0.331 e. The number of benzene rings is 1. The van der Waals surface area contributed by atoms with Crippen molar-refractivity contribution in [2.45, 2.75) is 37.6 Å². The van der Waals surface area contributed by atoms with Crippen LogP contribution in [0.15, 0.2) is 18.2 Å². The first-order chi connectivity index (χ1) is 14.4. The van der Waals surface area contributed by atoms with E-state index in [0.717, 1.165) is 19.3 Å². The Labute approximate surface area is 177 Å². The van der Waals surface area contributed by atoms with Gasteiger partial charge in [-0.3, -0.25) is 4.79 Å². The van der Waals surface area contributed by atoms with Crippen molar-refractivity contribution < 1.29 is 28.5 Å². The molecule has 0 unspecified atom stereocenters. The van der Waals surface area contributed by atoms with E-state index in [-0.39, 0.29) is 0 Å². The van der Waals surface area contributed by atoms with E-state index in [1.54, 1.807) is 19.2 Å². The van der Waals surface area contributed by atoms with Crippen LogP contribution in [-0.2, 0) is 14.3 Å². The molecule has 1 amide bonds. The second-order valence-electron chi connectivity index (χ2n) is 7.05. The second kappa shape index (κ2) is 10.5. The number of amides is 1. The molecule has 8 heteroatoms. The molecule has 0 aromatic heterocycles. The third-order valence-corrected chi connectivity index (χ3v) is 5.38. The lowest BCUT2D eigenvalue weighted by atomic mass is 9.81. The average molecular weight is 416 g/mol. The average Bonchev–Trinajstić information content (AvgIpc) is 2.80. The lowest BCUT2D eigenvalue weighted by Gasteiger charge is -2.38. The van der Waals surface area contributed by atoms with Gasteiger partial charge in [-0.25, -0.2) is 4.79 Å². The molecule has 1 aromatic rings. The number of ether oxygens (including phenoxy) is 4. The van der Waals surface area contributed by atoms with Gasteiger partial charge in [0.05, 0.1) is 27.4 Å². The van der Waals surface area contributed by atoms with Gasteiger partial charge < -0.3 is 23.8 Å². The smallest absolute Gasteiger partial charge is 0.331 e. The number of rotatable bonds is 8. The van der Waals surface area contributed by atoms with Crippen molar-refractivity contribution in [2.75, 3.05) is 35.0 Å². The summed E-state index contributed by atoms with van der Waals surface area (Å²) in [6.07, 6.45) is 6.86. The molecule has 1 aliphatic rings. The quantitative estimate of drug-likeness (QED) is 0.475. The zero-order valence-electron chi connectivity index (χ0n) is 17.9. The lowest BCUT2D eigenvalue weighted by molar-refractivity contribution is -0.150. The van der Waals surface area contributed by atoms with Gasteiger partial charge in [0.1, 0.15) is 11.3 Å². The largest absolute Gasteiger partial charge is 0.496 e. The summed E-state index contributed by atoms with van der Waals surface area (Å²) in [5.41, 5.74) is -0.230. The Morgan fingerprint density at radius 3 is 2.23 bits per heavy atom. The summed E-state index contributed by atoms with van der Waals surface area (Å²) in [5, 5.41) is 9.58. The van der Waals surface area contributed by atoms with E-state index < -0.39 is 24.0 Å². The van der Waals surface area contributed by atoms with Gasteiger partial charge in [0.15, 0.2) is 18.1 Å². The summed E-state index contributed by atoms with van der Waals surface area (Å²) in [5.74, 6) is 0.391. The SMILES string of the molecule is COc1cc(OC)c(OC)cc1/C=C/C(=O)OCC(=O)N(C)C1(C#N)CCCCC1. The first kappa shape index (κ1) is 23.1. The van der Waals surface area contributed by atoms with E-state index in [9.17, 15) is 14.9 Å². The highest BCUT2D eigenvalue weighted by Crippen LogP contribution is 2.35. The molecule has 1 saturated carbocycles. The number of carbonyl (C=O) groups is 2. The maximum absolute atomic E-state index is 12.5. The molecule has 30 heavy (non-hydrogen) atoms. The molecule has 0 atom stereocenters. The fraction of sp³-hybridized carbons (Fsp3) is 0.500. The van der Waals surface area contributed by atoms with Gasteiger partial charge in [0.25, 0.3) is 5.91 Å². The molecule has 0 spiro atoms. The van der Waals surface area contributed by atoms with Crippen LogP contribution in [0.1, 0.15) is 37.7 Å². The summed E-state index contributed by atoms with van der Waals surface area (Å²) in [6, 6.07) is 5.59. The number of methoxy groups -OCH3 is 3. The summed E-state index contributed by atoms with van der Waals surface area (Å²) < 4.78 is 20.9. The number of esters is 1. The number of hydrogen-bond acceptors (Lipinski definition) is 7. The zero-order valence-corrected chi connectivity index (χ0v) is 17.9. The molecular formula is C22H28N2O6. The van der Waals surface area contributed by atoms with Gasteiger partial charge in [-0.15, -0.1) is 0 Å². The summed E-state index contributed by atoms with van der Waals surface area (Å²) in [7, 11) is 6.12. The van der Waals surface area contributed by atoms with E-state index >= 15 is 0 Å². The molecule has 1 aliphatic carbocycles. The van der Waals surface area contributed by atoms with E-state index in [2.05, 4.69) is 6.07 Å². The maximum atomic E-state index is 12.5. The highest BCUT2D eigenvalue weighted by Gasteiger charge is 2.38. The minimum Gasteiger partial charge on any atom is -0.496 e. The van der Waals surface area contributed by atoms with Crippen LogP contribution in [0.3, 0.4) is 0 Å². The first-order valence-corrected chi connectivity index (χ1v) is 9.73. The van der Waals surface area contributed by atoms with Crippen molar-refractivity contribution in [2.24, 2.45) is 0 Å². The monoisotopic (exact) mass is 416 g/mol. The van der Waals surface area contributed by atoms with E-state index in [1.807, 2.05) is 0 Å². The van der Waals surface area contributed by atoms with Crippen LogP contribution < -0.4 is 14.2 Å². The topological polar surface area (TPSA) is 98.1 Å². The van der Waals surface area contributed by atoms with Crippen LogP contribution >= 0.6 is 0 Å². The number of nitrogens with zero attached hydrogens (tertiary/aromatic N) is 2. The van der Waals surface area contributed by atoms with E-state index in [0.29, 0.717) is 35.7 Å². The predicted octanol–water partition coefficient (Wildman–Crippen LogP) is 2.95. The molecule has 1 aromatic carbocycles. The van der Waals surface area contributed by atoms with Crippen molar-refractivity contribution in [3.05, 3.63) is 23.8 Å². The van der Waals surface area contributed by atoms with E-state index in [1.165, 1.54) is 38.4 Å². The molecule has 0 saturated heterocycles. The van der Waals surface area contributed by atoms with Crippen LogP contribution in [0.4, 0.5) is 0 Å². The molecule has 0 N–H and O–H groups in total. The molecule has 0 bridgehead atoms. The van der Waals surface area contributed by atoms with Gasteiger partial charge in [-0.1, -0.05) is 19.3 Å². The minimum atomic E-state index is -0.815. The Morgan fingerprint density at radius 1 is 1.07 bits per heavy atom. The van der Waals surface area contributed by atoms with Crippen LogP contribution in [-0.4, -0.2) is 57.3 Å². The van der Waals surface area contributed by atoms with Crippen LogP contribution in [0, 0.1) is 11.3 Å². The van der Waals surface area contributed by atoms with Crippen molar-refractivity contribution >= 4 is 18.0 Å². The first-order valence-electron chi connectivity index (χ1n) is 9.73. The highest BCUT2D eigenvalue weighted by molar-refractivity contribution is 5.90. The number of nitriles is 1. The Morgan fingerprint density at radius 2 is 1.67 bits per heavy atom. The van der Waals surface area contributed by atoms with Crippen LogP contribution in [0.5, 0.6) is 17.2 Å². The normalized spacial score (nSPS) is 15.2. The highest BCUT2D eigenvalue weighted by atomic mass is 16.5. The number of carbonyl (C=O) groups excluding carboxylic acids is 2.